The van der Waals surface area contributed by atoms with Gasteiger partial charge in [-0.2, -0.15) is 0 Å². The van der Waals surface area contributed by atoms with Crippen LogP contribution < -0.4 is 5.46 Å². The summed E-state index contributed by atoms with van der Waals surface area (Å²) in [5.74, 6) is 0. The van der Waals surface area contributed by atoms with E-state index in [0.717, 1.165) is 7.28 Å². The first-order valence-corrected chi connectivity index (χ1v) is 9.23. The van der Waals surface area contributed by atoms with Crippen LogP contribution in [0.4, 0.5) is 0 Å². The van der Waals surface area contributed by atoms with Gasteiger partial charge in [-0.3, -0.25) is 0 Å². The van der Waals surface area contributed by atoms with Crippen molar-refractivity contribution in [3.05, 3.63) is 78.9 Å². The second-order valence-electron chi connectivity index (χ2n) is 8.27. The van der Waals surface area contributed by atoms with Gasteiger partial charge >= 0.3 is 0 Å². The Labute approximate surface area is 158 Å². The molecule has 132 valence electrons. The molecule has 0 amide bonds. The van der Waals surface area contributed by atoms with Gasteiger partial charge in [0.2, 0.25) is 0 Å². The fourth-order valence-electron chi connectivity index (χ4n) is 3.12. The predicted molar refractivity (Wildman–Crippen MR) is 114 cm³/mol. The van der Waals surface area contributed by atoms with Gasteiger partial charge in [0.1, 0.15) is 0 Å². The van der Waals surface area contributed by atoms with E-state index in [0.29, 0.717) is 0 Å². The van der Waals surface area contributed by atoms with Gasteiger partial charge in [0, 0.05) is 0 Å². The van der Waals surface area contributed by atoms with E-state index in [4.69, 9.17) is 0 Å². The Bertz CT molecular complexity index is 804. The second-order valence-corrected chi connectivity index (χ2v) is 8.27. The lowest BCUT2D eigenvalue weighted by atomic mass is 9.45. The average molecular weight is 342 g/mol. The first-order valence-electron chi connectivity index (χ1n) is 9.23. The van der Waals surface area contributed by atoms with E-state index in [9.17, 15) is 5.11 Å². The second kappa shape index (κ2) is 7.13. The summed E-state index contributed by atoms with van der Waals surface area (Å²) < 4.78 is 0. The van der Waals surface area contributed by atoms with Gasteiger partial charge in [-0.15, -0.1) is 0 Å². The van der Waals surface area contributed by atoms with Crippen LogP contribution in [0.3, 0.4) is 0 Å². The molecule has 26 heavy (non-hydrogen) atoms. The molecule has 3 rings (SSSR count). The standard InChI is InChI=1S/C24H27BO/c1-23(2,24(3,4)26)25-22-16-20(18-11-7-5-8-12-18)15-21(17-22)19-13-9-6-10-14-19/h5-17,25-26H,1-4H3. The molecule has 0 bridgehead atoms. The third kappa shape index (κ3) is 4.08. The van der Waals surface area contributed by atoms with E-state index in [1.165, 1.54) is 27.7 Å². The van der Waals surface area contributed by atoms with Gasteiger partial charge in [0.15, 0.2) is 7.28 Å². The van der Waals surface area contributed by atoms with Gasteiger partial charge in [0.25, 0.3) is 0 Å². The van der Waals surface area contributed by atoms with Crippen molar-refractivity contribution in [3.8, 4) is 22.3 Å². The lowest BCUT2D eigenvalue weighted by molar-refractivity contribution is 0.0410. The fourth-order valence-corrected chi connectivity index (χ4v) is 3.12. The highest BCUT2D eigenvalue weighted by molar-refractivity contribution is 6.57. The van der Waals surface area contributed by atoms with Crippen molar-refractivity contribution in [2.45, 2.75) is 38.6 Å². The third-order valence-electron chi connectivity index (χ3n) is 5.51. The highest BCUT2D eigenvalue weighted by Crippen LogP contribution is 2.37. The summed E-state index contributed by atoms with van der Waals surface area (Å²) in [4.78, 5) is 0. The zero-order chi connectivity index (χ0) is 18.8. The summed E-state index contributed by atoms with van der Waals surface area (Å²) in [6.45, 7) is 8.05. The van der Waals surface area contributed by atoms with E-state index in [-0.39, 0.29) is 5.31 Å². The maximum absolute atomic E-state index is 10.6. The van der Waals surface area contributed by atoms with Crippen LogP contribution in [-0.4, -0.2) is 18.0 Å². The van der Waals surface area contributed by atoms with Crippen LogP contribution in [0.1, 0.15) is 27.7 Å². The van der Waals surface area contributed by atoms with Gasteiger partial charge in [-0.05, 0) is 47.5 Å². The minimum atomic E-state index is -0.747. The topological polar surface area (TPSA) is 20.2 Å². The Kier molecular flexibility index (Phi) is 5.07. The molecule has 3 aromatic rings. The Morgan fingerprint density at radius 3 is 1.42 bits per heavy atom. The highest BCUT2D eigenvalue weighted by atomic mass is 16.3. The molecule has 0 aliphatic rings. The summed E-state index contributed by atoms with van der Waals surface area (Å²) in [6.07, 6.45) is 0. The predicted octanol–water partition coefficient (Wildman–Crippen LogP) is 5.05. The zero-order valence-corrected chi connectivity index (χ0v) is 16.2. The number of rotatable bonds is 5. The molecule has 0 aliphatic carbocycles. The summed E-state index contributed by atoms with van der Waals surface area (Å²) >= 11 is 0. The van der Waals surface area contributed by atoms with Crippen molar-refractivity contribution < 1.29 is 5.11 Å². The van der Waals surface area contributed by atoms with Crippen molar-refractivity contribution in [2.75, 3.05) is 0 Å². The fraction of sp³-hybridized carbons (Fsp3) is 0.250. The van der Waals surface area contributed by atoms with Crippen molar-refractivity contribution in [1.82, 2.24) is 0 Å². The summed E-state index contributed by atoms with van der Waals surface area (Å²) in [7, 11) is 0.816. The molecule has 0 spiro atoms. The van der Waals surface area contributed by atoms with Crippen LogP contribution in [0.15, 0.2) is 78.9 Å². The van der Waals surface area contributed by atoms with Crippen LogP contribution in [0, 0.1) is 0 Å². The first kappa shape index (κ1) is 18.5. The summed E-state index contributed by atoms with van der Waals surface area (Å²) in [5.41, 5.74) is 5.36. The number of hydrogen-bond donors (Lipinski definition) is 1. The van der Waals surface area contributed by atoms with Crippen LogP contribution in [0.5, 0.6) is 0 Å². The van der Waals surface area contributed by atoms with E-state index >= 15 is 0 Å². The molecule has 0 unspecified atom stereocenters. The Balaban J connectivity index is 2.10. The van der Waals surface area contributed by atoms with Crippen LogP contribution in [0.25, 0.3) is 22.3 Å². The lowest BCUT2D eigenvalue weighted by Gasteiger charge is -2.37. The molecule has 1 nitrogen and oxygen atoms in total. The number of hydrogen-bond acceptors (Lipinski definition) is 1. The highest BCUT2D eigenvalue weighted by Gasteiger charge is 2.36. The minimum absolute atomic E-state index is 0.226. The Morgan fingerprint density at radius 1 is 0.615 bits per heavy atom. The SMILES string of the molecule is CC(C)(O)C(C)(C)Bc1cc(-c2ccccc2)cc(-c2ccccc2)c1. The smallest absolute Gasteiger partial charge is 0.166 e. The quantitative estimate of drug-likeness (QED) is 0.643. The van der Waals surface area contributed by atoms with Crippen molar-refractivity contribution in [3.63, 3.8) is 0 Å². The minimum Gasteiger partial charge on any atom is -0.391 e. The summed E-state index contributed by atoms with van der Waals surface area (Å²) in [5, 5.41) is 10.4. The van der Waals surface area contributed by atoms with Gasteiger partial charge in [-0.1, -0.05) is 92.1 Å². The molecule has 0 aromatic heterocycles. The van der Waals surface area contributed by atoms with Crippen LogP contribution in [-0.2, 0) is 0 Å². The molecule has 0 aliphatic heterocycles. The summed E-state index contributed by atoms with van der Waals surface area (Å²) in [6, 6.07) is 27.8. The average Bonchev–Trinajstić information content (AvgIpc) is 2.61. The molecule has 0 fully saturated rings. The zero-order valence-electron chi connectivity index (χ0n) is 16.2. The van der Waals surface area contributed by atoms with E-state index in [1.54, 1.807) is 0 Å². The normalized spacial score (nSPS) is 12.0. The van der Waals surface area contributed by atoms with E-state index in [1.807, 2.05) is 26.0 Å². The lowest BCUT2D eigenvalue weighted by Crippen LogP contribution is -2.41. The third-order valence-corrected chi connectivity index (χ3v) is 5.51. The Hall–Kier alpha value is -2.32. The molecule has 0 heterocycles. The molecule has 0 radical (unpaired) electrons. The van der Waals surface area contributed by atoms with E-state index < -0.39 is 5.60 Å². The van der Waals surface area contributed by atoms with Crippen molar-refractivity contribution in [2.24, 2.45) is 0 Å². The molecule has 2 heteroatoms. The van der Waals surface area contributed by atoms with Crippen molar-refractivity contribution >= 4 is 12.7 Å². The molecule has 0 saturated heterocycles. The van der Waals surface area contributed by atoms with Gasteiger partial charge in [0.05, 0.1) is 5.60 Å². The number of benzene rings is 3. The van der Waals surface area contributed by atoms with Gasteiger partial charge in [-0.25, -0.2) is 0 Å². The first-order chi connectivity index (χ1) is 12.3. The largest absolute Gasteiger partial charge is 0.391 e. The molecular formula is C24H27BO. The Morgan fingerprint density at radius 2 is 1.04 bits per heavy atom. The molecule has 3 aromatic carbocycles. The van der Waals surface area contributed by atoms with Crippen molar-refractivity contribution in [1.29, 1.82) is 0 Å². The maximum Gasteiger partial charge on any atom is 0.166 e. The molecule has 0 atom stereocenters. The van der Waals surface area contributed by atoms with E-state index in [2.05, 4.69) is 80.6 Å². The van der Waals surface area contributed by atoms with Crippen LogP contribution in [0.2, 0.25) is 5.31 Å². The monoisotopic (exact) mass is 342 g/mol. The van der Waals surface area contributed by atoms with Crippen LogP contribution >= 0.6 is 0 Å². The molecular weight excluding hydrogens is 315 g/mol. The van der Waals surface area contributed by atoms with Gasteiger partial charge < -0.3 is 5.11 Å². The maximum atomic E-state index is 10.6. The molecule has 0 saturated carbocycles. The number of aliphatic hydroxyl groups is 1. The molecule has 1 N–H and O–H groups in total.